The van der Waals surface area contributed by atoms with Crippen LogP contribution in [-0.4, -0.2) is 20.5 Å². The Morgan fingerprint density at radius 1 is 1.27 bits per heavy atom. The Bertz CT molecular complexity index is 1440. The zero-order valence-electron chi connectivity index (χ0n) is 24.2. The number of anilines is 1. The first-order valence-corrected chi connectivity index (χ1v) is 13.4. The number of aromatic nitrogens is 2. The Balaban J connectivity index is 2.19. The fraction of sp³-hybridized carbons (Fsp3) is 0.235. The molecule has 1 aromatic rings. The summed E-state index contributed by atoms with van der Waals surface area (Å²) >= 11 is 0. The number of rotatable bonds is 8. The number of fused-ring (bicyclic) bond motifs is 1. The van der Waals surface area contributed by atoms with E-state index in [1.165, 1.54) is 5.57 Å². The summed E-state index contributed by atoms with van der Waals surface area (Å²) in [4.78, 5) is 11.5. The predicted octanol–water partition coefficient (Wildman–Crippen LogP) is 8.56. The number of hydrogen-bond acceptors (Lipinski definition) is 4. The minimum absolute atomic E-state index is 0.0200. The van der Waals surface area contributed by atoms with E-state index >= 15 is 0 Å². The molecule has 2 aliphatic rings. The third-order valence-corrected chi connectivity index (χ3v) is 6.91. The first-order valence-electron chi connectivity index (χ1n) is 13.4. The highest BCUT2D eigenvalue weighted by Crippen LogP contribution is 2.37. The molecular formula is C34H40N4O2. The summed E-state index contributed by atoms with van der Waals surface area (Å²) in [6.45, 7) is 28.4. The molecule has 0 fully saturated rings. The number of hydrogen-bond donors (Lipinski definition) is 1. The summed E-state index contributed by atoms with van der Waals surface area (Å²) in [6.07, 6.45) is 20.1. The summed E-state index contributed by atoms with van der Waals surface area (Å²) in [6, 6.07) is 0. The van der Waals surface area contributed by atoms with Gasteiger partial charge in [0.25, 0.3) is 0 Å². The van der Waals surface area contributed by atoms with Gasteiger partial charge in [0, 0.05) is 23.4 Å². The molecule has 1 N–H and O–H groups in total. The fourth-order valence-electron chi connectivity index (χ4n) is 4.24. The minimum Gasteiger partial charge on any atom is -0.504 e. The average molecular weight is 537 g/mol. The van der Waals surface area contributed by atoms with Crippen molar-refractivity contribution in [2.24, 2.45) is 10.9 Å². The number of aliphatic imine (C=N–C) groups is 1. The number of amidine groups is 1. The highest BCUT2D eigenvalue weighted by molar-refractivity contribution is 6.08. The van der Waals surface area contributed by atoms with Crippen molar-refractivity contribution in [3.63, 3.8) is 0 Å². The van der Waals surface area contributed by atoms with Gasteiger partial charge in [-0.3, -0.25) is 4.90 Å². The molecular weight excluding hydrogens is 496 g/mol. The largest absolute Gasteiger partial charge is 0.504 e. The molecule has 0 amide bonds. The minimum atomic E-state index is -0.0599. The maximum absolute atomic E-state index is 11.6. The second kappa shape index (κ2) is 13.5. The molecule has 6 nitrogen and oxygen atoms in total. The van der Waals surface area contributed by atoms with Crippen LogP contribution in [0.1, 0.15) is 45.0 Å². The summed E-state index contributed by atoms with van der Waals surface area (Å²) < 4.78 is 8.12. The van der Waals surface area contributed by atoms with Gasteiger partial charge in [-0.05, 0) is 56.6 Å². The molecule has 1 atom stereocenters. The van der Waals surface area contributed by atoms with E-state index in [9.17, 15) is 5.11 Å². The molecule has 6 heteroatoms. The molecule has 0 bridgehead atoms. The van der Waals surface area contributed by atoms with Crippen molar-refractivity contribution in [1.29, 1.82) is 0 Å². The van der Waals surface area contributed by atoms with Gasteiger partial charge in [0.15, 0.2) is 11.5 Å². The SMILES string of the molecule is C=C/C=C\N=C(C=C)N1/C(=C(C)/C(O)=C2/OC(=C)/C=C\C=C/C(C)C2=C)Cn2c1nc(/C=C\CC(=C)CC)c2C. The smallest absolute Gasteiger partial charge is 0.216 e. The maximum atomic E-state index is 11.6. The van der Waals surface area contributed by atoms with E-state index < -0.39 is 0 Å². The van der Waals surface area contributed by atoms with Crippen LogP contribution in [0.3, 0.4) is 0 Å². The van der Waals surface area contributed by atoms with Crippen LogP contribution in [-0.2, 0) is 11.3 Å². The number of aliphatic hydroxyl groups is 1. The number of ether oxygens (including phenoxy) is 1. The van der Waals surface area contributed by atoms with Crippen molar-refractivity contribution in [3.8, 4) is 0 Å². The van der Waals surface area contributed by atoms with E-state index in [0.717, 1.165) is 29.9 Å². The van der Waals surface area contributed by atoms with E-state index in [4.69, 9.17) is 9.72 Å². The molecule has 3 rings (SSSR count). The van der Waals surface area contributed by atoms with Crippen molar-refractivity contribution >= 4 is 17.9 Å². The lowest BCUT2D eigenvalue weighted by atomic mass is 9.98. The maximum Gasteiger partial charge on any atom is 0.216 e. The number of allylic oxidation sites excluding steroid dienone is 11. The Labute approximate surface area is 238 Å². The molecule has 0 saturated carbocycles. The molecule has 208 valence electrons. The third kappa shape index (κ3) is 6.52. The molecule has 0 aromatic carbocycles. The van der Waals surface area contributed by atoms with Crippen molar-refractivity contribution < 1.29 is 9.84 Å². The summed E-state index contributed by atoms with van der Waals surface area (Å²) in [7, 11) is 0. The summed E-state index contributed by atoms with van der Waals surface area (Å²) in [5, 5.41) is 11.6. The molecule has 1 aromatic heterocycles. The number of aliphatic hydroxyl groups excluding tert-OH is 1. The van der Waals surface area contributed by atoms with Gasteiger partial charge in [-0.25, -0.2) is 9.98 Å². The van der Waals surface area contributed by atoms with Gasteiger partial charge in [0.1, 0.15) is 11.6 Å². The van der Waals surface area contributed by atoms with E-state index in [1.807, 2.05) is 50.0 Å². The van der Waals surface area contributed by atoms with Gasteiger partial charge in [-0.15, -0.1) is 0 Å². The number of imidazole rings is 1. The Hall–Kier alpha value is -4.58. The molecule has 40 heavy (non-hydrogen) atoms. The van der Waals surface area contributed by atoms with Gasteiger partial charge in [-0.1, -0.05) is 82.7 Å². The van der Waals surface area contributed by atoms with Crippen LogP contribution in [0, 0.1) is 12.8 Å². The fourth-order valence-corrected chi connectivity index (χ4v) is 4.24. The lowest BCUT2D eigenvalue weighted by molar-refractivity contribution is 0.285. The monoisotopic (exact) mass is 536 g/mol. The topological polar surface area (TPSA) is 62.9 Å². The predicted molar refractivity (Wildman–Crippen MR) is 169 cm³/mol. The zero-order valence-corrected chi connectivity index (χ0v) is 24.2. The second-order valence-electron chi connectivity index (χ2n) is 9.66. The molecule has 0 saturated heterocycles. The van der Waals surface area contributed by atoms with E-state index in [2.05, 4.69) is 55.5 Å². The molecule has 0 radical (unpaired) electrons. The highest BCUT2D eigenvalue weighted by atomic mass is 16.5. The van der Waals surface area contributed by atoms with Gasteiger partial charge in [0.05, 0.1) is 17.9 Å². The van der Waals surface area contributed by atoms with Crippen LogP contribution < -0.4 is 4.90 Å². The van der Waals surface area contributed by atoms with E-state index in [0.29, 0.717) is 35.2 Å². The van der Waals surface area contributed by atoms with Crippen LogP contribution in [0.4, 0.5) is 5.95 Å². The van der Waals surface area contributed by atoms with Gasteiger partial charge < -0.3 is 14.4 Å². The van der Waals surface area contributed by atoms with Crippen LogP contribution in [0.2, 0.25) is 0 Å². The molecule has 0 spiro atoms. The van der Waals surface area contributed by atoms with Crippen molar-refractivity contribution in [2.75, 3.05) is 4.90 Å². The van der Waals surface area contributed by atoms with Crippen LogP contribution >= 0.6 is 0 Å². The Morgan fingerprint density at radius 3 is 2.70 bits per heavy atom. The van der Waals surface area contributed by atoms with Gasteiger partial charge in [0.2, 0.25) is 5.95 Å². The lowest BCUT2D eigenvalue weighted by Gasteiger charge is -2.22. The van der Waals surface area contributed by atoms with Crippen molar-refractivity contribution in [3.05, 3.63) is 139 Å². The average Bonchev–Trinajstić information content (AvgIpc) is 3.47. The first kappa shape index (κ1) is 30.0. The van der Waals surface area contributed by atoms with Crippen LogP contribution in [0.15, 0.2) is 132 Å². The van der Waals surface area contributed by atoms with Crippen molar-refractivity contribution in [2.45, 2.75) is 47.1 Å². The Kier molecular flexibility index (Phi) is 10.1. The zero-order chi connectivity index (χ0) is 29.4. The molecule has 2 aliphatic heterocycles. The van der Waals surface area contributed by atoms with Crippen LogP contribution in [0.5, 0.6) is 0 Å². The quantitative estimate of drug-likeness (QED) is 0.119. The summed E-state index contributed by atoms with van der Waals surface area (Å²) in [5.41, 5.74) is 5.07. The standard InChI is InChI=1S/C34H40N4O2/c1-10-13-21-35-31(12-3)38-30(22-37-28(9)29(36-34(37)38)20-16-17-23(4)11-2)27(8)32(39)33-26(7)24(5)18-14-15-19-25(6)40-33/h10,12-16,18-21,24,39H,1,3-4,6-7,11,17,22H2,2,5,8-9H3/b18-14-,19-15-,20-16-,21-13-,30-27+,33-32-,35-31?. The highest BCUT2D eigenvalue weighted by Gasteiger charge is 2.34. The number of nitrogens with zero attached hydrogens (tertiary/aromatic N) is 4. The van der Waals surface area contributed by atoms with E-state index in [-0.39, 0.29) is 17.4 Å². The lowest BCUT2D eigenvalue weighted by Crippen LogP contribution is -2.27. The molecule has 3 heterocycles. The van der Waals surface area contributed by atoms with Gasteiger partial charge in [-0.2, -0.15) is 0 Å². The van der Waals surface area contributed by atoms with Gasteiger partial charge >= 0.3 is 0 Å². The third-order valence-electron chi connectivity index (χ3n) is 6.91. The Morgan fingerprint density at radius 2 is 2.02 bits per heavy atom. The molecule has 1 unspecified atom stereocenters. The summed E-state index contributed by atoms with van der Waals surface area (Å²) in [5.74, 6) is 1.84. The normalized spacial score (nSPS) is 21.9. The van der Waals surface area contributed by atoms with Crippen LogP contribution in [0.25, 0.3) is 6.08 Å². The second-order valence-corrected chi connectivity index (χ2v) is 9.66. The van der Waals surface area contributed by atoms with E-state index in [1.54, 1.807) is 30.5 Å². The van der Waals surface area contributed by atoms with Crippen molar-refractivity contribution in [1.82, 2.24) is 9.55 Å². The molecule has 0 aliphatic carbocycles. The first-order chi connectivity index (χ1) is 19.1.